The number of hydrogen-bond donors (Lipinski definition) is 1. The standard InChI is InChI=1S/C35H46ClN3O4S/c36-31-15-11-26(12-16-31)23-32(37-33(40)29-14-13-27-7-4-5-8-28(27)24-29)34(41)38-20-17-35(18-21-38,30-9-2-1-3-10-30)25-39-19-6-22-44(39,42)43/h4-5,7-8,11-12,15-16,29-30,32H,1-3,6,9-10,13-14,17-25H2,(H,37,40)/t29-,32+/m0/s1. The summed E-state index contributed by atoms with van der Waals surface area (Å²) in [6, 6.07) is 15.1. The van der Waals surface area contributed by atoms with Gasteiger partial charge in [0.2, 0.25) is 21.8 Å². The summed E-state index contributed by atoms with van der Waals surface area (Å²) in [7, 11) is -3.19. The van der Waals surface area contributed by atoms with Crippen LogP contribution in [-0.4, -0.2) is 67.4 Å². The van der Waals surface area contributed by atoms with Gasteiger partial charge in [-0.25, -0.2) is 12.7 Å². The molecule has 4 aliphatic rings. The lowest BCUT2D eigenvalue weighted by atomic mass is 9.63. The van der Waals surface area contributed by atoms with Crippen LogP contribution < -0.4 is 5.32 Å². The molecule has 2 atom stereocenters. The minimum Gasteiger partial charge on any atom is -0.344 e. The maximum Gasteiger partial charge on any atom is 0.245 e. The van der Waals surface area contributed by atoms with E-state index >= 15 is 0 Å². The lowest BCUT2D eigenvalue weighted by Crippen LogP contribution is -2.56. The van der Waals surface area contributed by atoms with E-state index in [2.05, 4.69) is 17.4 Å². The molecule has 0 unspecified atom stereocenters. The first-order valence-electron chi connectivity index (χ1n) is 16.6. The van der Waals surface area contributed by atoms with Gasteiger partial charge in [0.25, 0.3) is 0 Å². The number of rotatable bonds is 8. The molecule has 0 spiro atoms. The third-order valence-corrected chi connectivity index (χ3v) is 13.1. The van der Waals surface area contributed by atoms with E-state index in [1.165, 1.54) is 30.4 Å². The van der Waals surface area contributed by atoms with Crippen molar-refractivity contribution in [1.82, 2.24) is 14.5 Å². The highest BCUT2D eigenvalue weighted by Gasteiger charge is 2.46. The van der Waals surface area contributed by atoms with Gasteiger partial charge in [0.1, 0.15) is 6.04 Å². The number of nitrogens with zero attached hydrogens (tertiary/aromatic N) is 2. The summed E-state index contributed by atoms with van der Waals surface area (Å²) in [5, 5.41) is 3.82. The number of aryl methyl sites for hydroxylation is 1. The summed E-state index contributed by atoms with van der Waals surface area (Å²) in [4.78, 5) is 29.8. The summed E-state index contributed by atoms with van der Waals surface area (Å²) < 4.78 is 27.4. The molecule has 6 rings (SSSR count). The summed E-state index contributed by atoms with van der Waals surface area (Å²) in [6.07, 6.45) is 11.0. The number of hydrogen-bond acceptors (Lipinski definition) is 4. The van der Waals surface area contributed by atoms with Crippen molar-refractivity contribution in [2.24, 2.45) is 17.3 Å². The molecule has 2 heterocycles. The number of amides is 2. The van der Waals surface area contributed by atoms with Crippen molar-refractivity contribution in [2.45, 2.75) is 83.1 Å². The molecule has 2 aromatic carbocycles. The van der Waals surface area contributed by atoms with E-state index in [9.17, 15) is 18.0 Å². The zero-order valence-electron chi connectivity index (χ0n) is 25.7. The number of benzene rings is 2. The minimum atomic E-state index is -3.19. The van der Waals surface area contributed by atoms with E-state index in [0.29, 0.717) is 56.4 Å². The predicted molar refractivity (Wildman–Crippen MR) is 174 cm³/mol. The maximum atomic E-state index is 14.2. The van der Waals surface area contributed by atoms with E-state index in [0.717, 1.165) is 44.1 Å². The summed E-state index contributed by atoms with van der Waals surface area (Å²) >= 11 is 6.14. The minimum absolute atomic E-state index is 0.0458. The van der Waals surface area contributed by atoms with Gasteiger partial charge < -0.3 is 10.2 Å². The number of carbonyl (C=O) groups is 2. The lowest BCUT2D eigenvalue weighted by Gasteiger charge is -2.49. The largest absolute Gasteiger partial charge is 0.344 e. The van der Waals surface area contributed by atoms with Crippen LogP contribution in [-0.2, 0) is 38.9 Å². The van der Waals surface area contributed by atoms with Gasteiger partial charge in [-0.3, -0.25) is 9.59 Å². The zero-order valence-corrected chi connectivity index (χ0v) is 27.3. The monoisotopic (exact) mass is 639 g/mol. The Morgan fingerprint density at radius 3 is 2.30 bits per heavy atom. The molecule has 0 aromatic heterocycles. The van der Waals surface area contributed by atoms with E-state index in [1.54, 1.807) is 4.31 Å². The summed E-state index contributed by atoms with van der Waals surface area (Å²) in [5.41, 5.74) is 3.38. The highest BCUT2D eigenvalue weighted by atomic mass is 35.5. The van der Waals surface area contributed by atoms with Crippen LogP contribution in [0.5, 0.6) is 0 Å². The molecule has 2 aromatic rings. The molecule has 2 aliphatic heterocycles. The van der Waals surface area contributed by atoms with Gasteiger partial charge in [0.15, 0.2) is 0 Å². The summed E-state index contributed by atoms with van der Waals surface area (Å²) in [5.74, 6) is 0.475. The first-order chi connectivity index (χ1) is 21.2. The van der Waals surface area contributed by atoms with E-state index in [-0.39, 0.29) is 28.9 Å². The molecule has 44 heavy (non-hydrogen) atoms. The van der Waals surface area contributed by atoms with Crippen LogP contribution in [0.2, 0.25) is 5.02 Å². The molecule has 2 aliphatic carbocycles. The van der Waals surface area contributed by atoms with E-state index in [4.69, 9.17) is 11.6 Å². The molecule has 3 fully saturated rings. The van der Waals surface area contributed by atoms with Crippen LogP contribution in [0.4, 0.5) is 0 Å². The third-order valence-electron chi connectivity index (χ3n) is 10.9. The van der Waals surface area contributed by atoms with Gasteiger partial charge in [0.05, 0.1) is 5.75 Å². The van der Waals surface area contributed by atoms with Crippen LogP contribution in [0, 0.1) is 17.3 Å². The Kier molecular flexibility index (Phi) is 9.69. The van der Waals surface area contributed by atoms with Crippen molar-refractivity contribution in [3.63, 3.8) is 0 Å². The van der Waals surface area contributed by atoms with Gasteiger partial charge in [-0.15, -0.1) is 0 Å². The fourth-order valence-electron chi connectivity index (χ4n) is 8.29. The van der Waals surface area contributed by atoms with Gasteiger partial charge in [-0.05, 0) is 91.5 Å². The SMILES string of the molecule is O=C(N[C@H](Cc1ccc(Cl)cc1)C(=O)N1CCC(CN2CCCS2(=O)=O)(C2CCCCC2)CC1)[C@H]1CCc2ccccc2C1. The molecule has 2 saturated heterocycles. The highest BCUT2D eigenvalue weighted by molar-refractivity contribution is 7.89. The Bertz CT molecular complexity index is 1430. The van der Waals surface area contributed by atoms with Crippen molar-refractivity contribution in [2.75, 3.05) is 31.9 Å². The van der Waals surface area contributed by atoms with Crippen LogP contribution in [0.3, 0.4) is 0 Å². The van der Waals surface area contributed by atoms with Gasteiger partial charge in [-0.1, -0.05) is 67.3 Å². The second-order valence-corrected chi connectivity index (χ2v) is 16.2. The zero-order chi connectivity index (χ0) is 30.7. The number of halogens is 1. The average Bonchev–Trinajstić information content (AvgIpc) is 3.38. The van der Waals surface area contributed by atoms with Crippen molar-refractivity contribution in [1.29, 1.82) is 0 Å². The average molecular weight is 640 g/mol. The van der Waals surface area contributed by atoms with Gasteiger partial charge in [0, 0.05) is 43.5 Å². The molecular formula is C35H46ClN3O4S. The topological polar surface area (TPSA) is 86.8 Å². The molecule has 2 amide bonds. The van der Waals surface area contributed by atoms with Crippen molar-refractivity contribution in [3.8, 4) is 0 Å². The van der Waals surface area contributed by atoms with Crippen LogP contribution in [0.1, 0.15) is 74.5 Å². The fourth-order valence-corrected chi connectivity index (χ4v) is 10.0. The van der Waals surface area contributed by atoms with E-state index in [1.807, 2.05) is 41.3 Å². The lowest BCUT2D eigenvalue weighted by molar-refractivity contribution is -0.140. The Hall–Kier alpha value is -2.42. The van der Waals surface area contributed by atoms with E-state index < -0.39 is 16.1 Å². The first kappa shape index (κ1) is 31.6. The number of fused-ring (bicyclic) bond motifs is 1. The number of sulfonamides is 1. The Balaban J connectivity index is 1.17. The molecule has 0 radical (unpaired) electrons. The van der Waals surface area contributed by atoms with Crippen molar-refractivity contribution >= 4 is 33.4 Å². The second-order valence-electron chi connectivity index (χ2n) is 13.6. The fraction of sp³-hybridized carbons (Fsp3) is 0.600. The normalized spacial score (nSPS) is 24.4. The van der Waals surface area contributed by atoms with Gasteiger partial charge >= 0.3 is 0 Å². The molecular weight excluding hydrogens is 594 g/mol. The summed E-state index contributed by atoms with van der Waals surface area (Å²) in [6.45, 7) is 2.37. The quantitative estimate of drug-likeness (QED) is 0.419. The van der Waals surface area contributed by atoms with Crippen LogP contribution in [0.25, 0.3) is 0 Å². The molecule has 7 nitrogen and oxygen atoms in total. The van der Waals surface area contributed by atoms with Crippen LogP contribution in [0.15, 0.2) is 48.5 Å². The highest BCUT2D eigenvalue weighted by Crippen LogP contribution is 2.47. The smallest absolute Gasteiger partial charge is 0.245 e. The molecule has 1 saturated carbocycles. The first-order valence-corrected chi connectivity index (χ1v) is 18.6. The second kappa shape index (κ2) is 13.5. The van der Waals surface area contributed by atoms with Crippen LogP contribution >= 0.6 is 11.6 Å². The number of piperidine rings is 1. The molecule has 238 valence electrons. The van der Waals surface area contributed by atoms with Gasteiger partial charge in [-0.2, -0.15) is 0 Å². The molecule has 9 heteroatoms. The predicted octanol–water partition coefficient (Wildman–Crippen LogP) is 5.40. The Morgan fingerprint density at radius 2 is 1.61 bits per heavy atom. The van der Waals surface area contributed by atoms with Crippen molar-refractivity contribution in [3.05, 3.63) is 70.2 Å². The number of nitrogens with one attached hydrogen (secondary N) is 1. The molecule has 0 bridgehead atoms. The number of likely N-dealkylation sites (tertiary alicyclic amines) is 1. The number of carbonyl (C=O) groups excluding carboxylic acids is 2. The maximum absolute atomic E-state index is 14.2. The molecule has 1 N–H and O–H groups in total. The van der Waals surface area contributed by atoms with Crippen molar-refractivity contribution < 1.29 is 18.0 Å². The third kappa shape index (κ3) is 7.02. The Morgan fingerprint density at radius 1 is 0.909 bits per heavy atom. The Labute approximate surface area is 267 Å².